The third kappa shape index (κ3) is 0.603. The van der Waals surface area contributed by atoms with Crippen molar-refractivity contribution in [3.05, 3.63) is 24.5 Å². The minimum Gasteiger partial charge on any atom is -0.250 e. The summed E-state index contributed by atoms with van der Waals surface area (Å²) in [7, 11) is 1.85. The van der Waals surface area contributed by atoms with Gasteiger partial charge in [-0.15, -0.1) is 0 Å². The summed E-state index contributed by atoms with van der Waals surface area (Å²) in [6.07, 6.45) is 4.59. The van der Waals surface area contributed by atoms with Crippen molar-refractivity contribution in [2.75, 3.05) is 0 Å². The molecule has 0 amide bonds. The van der Waals surface area contributed by atoms with Crippen molar-refractivity contribution in [3.63, 3.8) is 0 Å². The maximum absolute atomic E-state index is 4.11. The van der Waals surface area contributed by atoms with E-state index in [-0.39, 0.29) is 0 Å². The topological polar surface area (TPSA) is 30.7 Å². The van der Waals surface area contributed by atoms with Crippen LogP contribution >= 0.6 is 0 Å². The number of rotatable bonds is 0. The third-order valence-corrected chi connectivity index (χ3v) is 1.41. The highest BCUT2D eigenvalue weighted by Gasteiger charge is 1.96. The lowest BCUT2D eigenvalue weighted by molar-refractivity contribution is 0.784. The van der Waals surface area contributed by atoms with Gasteiger partial charge < -0.3 is 0 Å². The van der Waals surface area contributed by atoms with Crippen LogP contribution in [0.15, 0.2) is 18.3 Å². The van der Waals surface area contributed by atoms with Crippen molar-refractivity contribution in [2.45, 2.75) is 0 Å². The van der Waals surface area contributed by atoms with E-state index in [1.54, 1.807) is 10.9 Å². The van der Waals surface area contributed by atoms with Crippen molar-refractivity contribution < 1.29 is 0 Å². The van der Waals surface area contributed by atoms with Crippen LogP contribution in [0.3, 0.4) is 0 Å². The van der Waals surface area contributed by atoms with Gasteiger partial charge in [0.25, 0.3) is 0 Å². The molecule has 0 aliphatic carbocycles. The lowest BCUT2D eigenvalue weighted by Gasteiger charge is -1.88. The number of pyridine rings is 1. The van der Waals surface area contributed by atoms with Crippen LogP contribution in [0.4, 0.5) is 0 Å². The van der Waals surface area contributed by atoms with E-state index in [1.807, 2.05) is 19.2 Å². The Hall–Kier alpha value is -1.38. The van der Waals surface area contributed by atoms with E-state index in [2.05, 4.69) is 16.3 Å². The van der Waals surface area contributed by atoms with Crippen LogP contribution in [-0.2, 0) is 7.05 Å². The van der Waals surface area contributed by atoms with Crippen LogP contribution in [0, 0.1) is 6.20 Å². The Labute approximate surface area is 58.3 Å². The predicted octanol–water partition coefficient (Wildman–Crippen LogP) is 0.768. The molecule has 0 aliphatic rings. The summed E-state index contributed by atoms with van der Waals surface area (Å²) in [6, 6.07) is 3.82. The molecule has 0 bridgehead atoms. The van der Waals surface area contributed by atoms with Gasteiger partial charge in [0.1, 0.15) is 6.20 Å². The number of aryl methyl sites for hydroxylation is 1. The maximum atomic E-state index is 4.11. The molecule has 49 valence electrons. The maximum Gasteiger partial charge on any atom is 0.158 e. The van der Waals surface area contributed by atoms with Gasteiger partial charge in [-0.05, 0) is 12.1 Å². The zero-order valence-corrected chi connectivity index (χ0v) is 5.57. The molecule has 10 heavy (non-hydrogen) atoms. The molecule has 0 saturated carbocycles. The summed E-state index contributed by atoms with van der Waals surface area (Å²) in [4.78, 5) is 4.11. The van der Waals surface area contributed by atoms with Crippen LogP contribution in [0.25, 0.3) is 11.0 Å². The Morgan fingerprint density at radius 2 is 2.50 bits per heavy atom. The Morgan fingerprint density at radius 3 is 3.30 bits per heavy atom. The second kappa shape index (κ2) is 1.80. The van der Waals surface area contributed by atoms with Gasteiger partial charge in [0.05, 0.1) is 0 Å². The molecule has 2 rings (SSSR count). The van der Waals surface area contributed by atoms with Gasteiger partial charge in [-0.25, -0.2) is 9.67 Å². The first-order chi connectivity index (χ1) is 4.88. The highest BCUT2D eigenvalue weighted by molar-refractivity contribution is 5.72. The molecule has 3 nitrogen and oxygen atoms in total. The van der Waals surface area contributed by atoms with Crippen LogP contribution in [0.1, 0.15) is 0 Å². The Balaban J connectivity index is 2.93. The number of fused-ring (bicyclic) bond motifs is 1. The molecule has 0 atom stereocenters. The first kappa shape index (κ1) is 5.41. The monoisotopic (exact) mass is 132 g/mol. The summed E-state index contributed by atoms with van der Waals surface area (Å²) >= 11 is 0. The highest BCUT2D eigenvalue weighted by atomic mass is 15.3. The SMILES string of the molecule is Cn1n[c]c2cccnc21. The standard InChI is InChI=1S/C7H6N3/c1-10-7-6(5-9-10)3-2-4-8-7/h2-4H,1H3. The highest BCUT2D eigenvalue weighted by Crippen LogP contribution is 2.05. The predicted molar refractivity (Wildman–Crippen MR) is 37.3 cm³/mol. The van der Waals surface area contributed by atoms with Gasteiger partial charge in [0.15, 0.2) is 5.65 Å². The first-order valence-electron chi connectivity index (χ1n) is 3.03. The van der Waals surface area contributed by atoms with E-state index in [9.17, 15) is 0 Å². The van der Waals surface area contributed by atoms with Crippen molar-refractivity contribution in [3.8, 4) is 0 Å². The van der Waals surface area contributed by atoms with E-state index in [0.29, 0.717) is 0 Å². The van der Waals surface area contributed by atoms with Gasteiger partial charge in [0.2, 0.25) is 0 Å². The molecule has 1 radical (unpaired) electrons. The minimum absolute atomic E-state index is 0.877. The Bertz CT molecular complexity index is 350. The fourth-order valence-corrected chi connectivity index (χ4v) is 0.918. The number of aromatic nitrogens is 3. The Kier molecular flexibility index (Phi) is 0.974. The zero-order chi connectivity index (χ0) is 6.97. The van der Waals surface area contributed by atoms with Gasteiger partial charge in [-0.3, -0.25) is 0 Å². The van der Waals surface area contributed by atoms with E-state index in [0.717, 1.165) is 11.0 Å². The van der Waals surface area contributed by atoms with E-state index in [4.69, 9.17) is 0 Å². The van der Waals surface area contributed by atoms with Crippen LogP contribution in [0.2, 0.25) is 0 Å². The van der Waals surface area contributed by atoms with Crippen molar-refractivity contribution in [2.24, 2.45) is 7.05 Å². The van der Waals surface area contributed by atoms with Crippen molar-refractivity contribution >= 4 is 11.0 Å². The molecule has 0 N–H and O–H groups in total. The van der Waals surface area contributed by atoms with Gasteiger partial charge >= 0.3 is 0 Å². The zero-order valence-electron chi connectivity index (χ0n) is 5.57. The average molecular weight is 132 g/mol. The summed E-state index contributed by atoms with van der Waals surface area (Å²) in [5.41, 5.74) is 0.877. The molecular weight excluding hydrogens is 126 g/mol. The molecule has 2 heterocycles. The van der Waals surface area contributed by atoms with Gasteiger partial charge in [-0.1, -0.05) is 0 Å². The average Bonchev–Trinajstić information content (AvgIpc) is 2.34. The summed E-state index contributed by atoms with van der Waals surface area (Å²) in [6.45, 7) is 0. The molecule has 0 fully saturated rings. The summed E-state index contributed by atoms with van der Waals surface area (Å²) in [5, 5.41) is 4.89. The van der Waals surface area contributed by atoms with Crippen LogP contribution in [0.5, 0.6) is 0 Å². The molecular formula is C7H6N3. The van der Waals surface area contributed by atoms with E-state index in [1.165, 1.54) is 0 Å². The van der Waals surface area contributed by atoms with Gasteiger partial charge in [-0.2, -0.15) is 5.10 Å². The summed E-state index contributed by atoms with van der Waals surface area (Å²) in [5.74, 6) is 0. The van der Waals surface area contributed by atoms with Gasteiger partial charge in [0, 0.05) is 18.6 Å². The van der Waals surface area contributed by atoms with E-state index >= 15 is 0 Å². The lowest BCUT2D eigenvalue weighted by Crippen LogP contribution is -1.90. The normalized spacial score (nSPS) is 10.5. The van der Waals surface area contributed by atoms with E-state index < -0.39 is 0 Å². The fraction of sp³-hybridized carbons (Fsp3) is 0.143. The second-order valence-electron chi connectivity index (χ2n) is 2.11. The molecule has 0 unspecified atom stereocenters. The molecule has 0 aliphatic heterocycles. The largest absolute Gasteiger partial charge is 0.250 e. The first-order valence-corrected chi connectivity index (χ1v) is 3.03. The molecule has 2 aromatic heterocycles. The molecule has 0 aromatic carbocycles. The van der Waals surface area contributed by atoms with Crippen LogP contribution in [-0.4, -0.2) is 14.8 Å². The number of hydrogen-bond acceptors (Lipinski definition) is 2. The number of nitrogens with zero attached hydrogens (tertiary/aromatic N) is 3. The molecule has 2 aromatic rings. The molecule has 0 saturated heterocycles. The fourth-order valence-electron chi connectivity index (χ4n) is 0.918. The third-order valence-electron chi connectivity index (χ3n) is 1.41. The Morgan fingerprint density at radius 1 is 1.60 bits per heavy atom. The molecule has 3 heteroatoms. The second-order valence-corrected chi connectivity index (χ2v) is 2.11. The molecule has 0 spiro atoms. The van der Waals surface area contributed by atoms with Crippen molar-refractivity contribution in [1.29, 1.82) is 0 Å². The quantitative estimate of drug-likeness (QED) is 0.530. The lowest BCUT2D eigenvalue weighted by atomic mass is 10.4. The number of hydrogen-bond donors (Lipinski definition) is 0. The minimum atomic E-state index is 0.877. The smallest absolute Gasteiger partial charge is 0.158 e. The van der Waals surface area contributed by atoms with Crippen LogP contribution < -0.4 is 0 Å². The summed E-state index contributed by atoms with van der Waals surface area (Å²) < 4.78 is 1.70. The van der Waals surface area contributed by atoms with Crippen molar-refractivity contribution in [1.82, 2.24) is 14.8 Å².